The van der Waals surface area contributed by atoms with Gasteiger partial charge in [-0.1, -0.05) is 115 Å². The monoisotopic (exact) mass is 678 g/mol. The zero-order valence-electron chi connectivity index (χ0n) is 29.3. The highest BCUT2D eigenvalue weighted by atomic mass is 16.5. The van der Waals surface area contributed by atoms with Crippen LogP contribution in [0, 0.1) is 6.92 Å². The molecule has 0 unspecified atom stereocenters. The van der Waals surface area contributed by atoms with Crippen molar-refractivity contribution in [3.05, 3.63) is 193 Å². The first kappa shape index (κ1) is 29.8. The van der Waals surface area contributed by atoms with Gasteiger partial charge in [-0.25, -0.2) is 0 Å². The van der Waals surface area contributed by atoms with Crippen molar-refractivity contribution in [3.8, 4) is 45.1 Å². The molecule has 0 saturated heterocycles. The number of ether oxygens (including phenoxy) is 1. The summed E-state index contributed by atoms with van der Waals surface area (Å²) in [6.07, 6.45) is 0.890. The number of para-hydroxylation sites is 4. The van der Waals surface area contributed by atoms with Crippen LogP contribution < -0.4 is 4.74 Å². The Bertz CT molecular complexity index is 3070. The van der Waals surface area contributed by atoms with Crippen molar-refractivity contribution < 1.29 is 4.74 Å². The highest BCUT2D eigenvalue weighted by molar-refractivity contribution is 6.14. The summed E-state index contributed by atoms with van der Waals surface area (Å²) in [6, 6.07) is 63.9. The molecule has 1 aliphatic heterocycles. The van der Waals surface area contributed by atoms with Crippen LogP contribution in [0.2, 0.25) is 0 Å². The van der Waals surface area contributed by atoms with Gasteiger partial charge in [0, 0.05) is 27.2 Å². The molecule has 3 heteroatoms. The standard InChI is InChI=1S/C50H34N2O/c1-32-12-5-6-15-38(32)41-29-34(22-23-36(41)28-33-13-3-2-4-14-33)35-24-26-45-42(30-35)39-16-7-8-18-44(39)51(45)37-25-27-46-43(31-37)40-17-11-21-49-50(40)52(46)47-19-9-10-20-48(47)53-49/h2-27,29-31H,28H2,1H3. The molecular formula is C50H34N2O. The third-order valence-corrected chi connectivity index (χ3v) is 11.1. The quantitative estimate of drug-likeness (QED) is 0.177. The van der Waals surface area contributed by atoms with Gasteiger partial charge in [-0.2, -0.15) is 0 Å². The van der Waals surface area contributed by atoms with E-state index in [1.54, 1.807) is 0 Å². The molecule has 2 aromatic heterocycles. The van der Waals surface area contributed by atoms with Crippen LogP contribution in [0.5, 0.6) is 11.5 Å². The Morgan fingerprint density at radius 2 is 1.13 bits per heavy atom. The molecule has 0 N–H and O–H groups in total. The number of hydrogen-bond donors (Lipinski definition) is 0. The Balaban J connectivity index is 1.08. The number of aromatic nitrogens is 2. The predicted octanol–water partition coefficient (Wildman–Crippen LogP) is 13.2. The van der Waals surface area contributed by atoms with Crippen molar-refractivity contribution >= 4 is 43.6 Å². The molecule has 250 valence electrons. The summed E-state index contributed by atoms with van der Waals surface area (Å²) in [7, 11) is 0. The first-order valence-electron chi connectivity index (χ1n) is 18.3. The van der Waals surface area contributed by atoms with Crippen LogP contribution in [0.25, 0.3) is 77.2 Å². The first-order valence-corrected chi connectivity index (χ1v) is 18.3. The van der Waals surface area contributed by atoms with Gasteiger partial charge < -0.3 is 13.9 Å². The Labute approximate surface area is 307 Å². The SMILES string of the molecule is Cc1ccccc1-c1cc(-c2ccc3c(c2)c2ccccc2n3-c2ccc3c(c2)c2cccc4c2n3-c2ccccc2O4)ccc1Cc1ccccc1. The van der Waals surface area contributed by atoms with Crippen molar-refractivity contribution in [1.82, 2.24) is 9.13 Å². The van der Waals surface area contributed by atoms with Crippen LogP contribution in [-0.4, -0.2) is 9.13 Å². The smallest absolute Gasteiger partial charge is 0.152 e. The number of hydrogen-bond acceptors (Lipinski definition) is 1. The van der Waals surface area contributed by atoms with Gasteiger partial charge in [0.05, 0.1) is 27.8 Å². The minimum Gasteiger partial charge on any atom is -0.453 e. The molecular weight excluding hydrogens is 645 g/mol. The van der Waals surface area contributed by atoms with Crippen LogP contribution in [0.3, 0.4) is 0 Å². The summed E-state index contributed by atoms with van der Waals surface area (Å²) in [5.41, 5.74) is 15.8. The molecule has 0 fully saturated rings. The molecule has 8 aromatic carbocycles. The summed E-state index contributed by atoms with van der Waals surface area (Å²) < 4.78 is 11.2. The molecule has 10 aromatic rings. The van der Waals surface area contributed by atoms with Crippen LogP contribution in [-0.2, 0) is 6.42 Å². The topological polar surface area (TPSA) is 19.1 Å². The lowest BCUT2D eigenvalue weighted by atomic mass is 9.89. The molecule has 0 spiro atoms. The van der Waals surface area contributed by atoms with Crippen molar-refractivity contribution in [2.24, 2.45) is 0 Å². The second kappa shape index (κ2) is 11.6. The Hall–Kier alpha value is -6.84. The third-order valence-electron chi connectivity index (χ3n) is 11.1. The minimum atomic E-state index is 0.879. The number of aryl methyl sites for hydroxylation is 1. The Morgan fingerprint density at radius 3 is 2.06 bits per heavy atom. The predicted molar refractivity (Wildman–Crippen MR) is 220 cm³/mol. The van der Waals surface area contributed by atoms with Gasteiger partial charge in [-0.05, 0) is 113 Å². The van der Waals surface area contributed by atoms with E-state index in [9.17, 15) is 0 Å². The van der Waals surface area contributed by atoms with Crippen molar-refractivity contribution in [1.29, 1.82) is 0 Å². The largest absolute Gasteiger partial charge is 0.453 e. The van der Waals surface area contributed by atoms with Crippen molar-refractivity contribution in [2.45, 2.75) is 13.3 Å². The van der Waals surface area contributed by atoms with Gasteiger partial charge in [0.25, 0.3) is 0 Å². The summed E-state index contributed by atoms with van der Waals surface area (Å²) in [4.78, 5) is 0. The van der Waals surface area contributed by atoms with Crippen LogP contribution >= 0.6 is 0 Å². The summed E-state index contributed by atoms with van der Waals surface area (Å²) in [6.45, 7) is 2.21. The molecule has 11 rings (SSSR count). The average molecular weight is 679 g/mol. The van der Waals surface area contributed by atoms with E-state index in [0.717, 1.165) is 34.8 Å². The van der Waals surface area contributed by atoms with E-state index in [1.807, 2.05) is 12.1 Å². The highest BCUT2D eigenvalue weighted by Crippen LogP contribution is 2.46. The summed E-state index contributed by atoms with van der Waals surface area (Å²) in [5, 5.41) is 4.89. The molecule has 0 amide bonds. The fourth-order valence-corrected chi connectivity index (χ4v) is 8.63. The van der Waals surface area contributed by atoms with E-state index < -0.39 is 0 Å². The minimum absolute atomic E-state index is 0.879. The average Bonchev–Trinajstić information content (AvgIpc) is 3.72. The number of rotatable bonds is 5. The van der Waals surface area contributed by atoms with Gasteiger partial charge in [-0.3, -0.25) is 0 Å². The zero-order chi connectivity index (χ0) is 35.0. The van der Waals surface area contributed by atoms with E-state index in [0.29, 0.717) is 0 Å². The van der Waals surface area contributed by atoms with E-state index in [1.165, 1.54) is 77.0 Å². The molecule has 0 bridgehead atoms. The molecule has 3 nitrogen and oxygen atoms in total. The first-order chi connectivity index (χ1) is 26.2. The van der Waals surface area contributed by atoms with E-state index in [4.69, 9.17) is 4.74 Å². The maximum atomic E-state index is 6.39. The molecule has 0 radical (unpaired) electrons. The van der Waals surface area contributed by atoms with Crippen molar-refractivity contribution in [3.63, 3.8) is 0 Å². The highest BCUT2D eigenvalue weighted by Gasteiger charge is 2.24. The third kappa shape index (κ3) is 4.60. The van der Waals surface area contributed by atoms with Gasteiger partial charge in [0.15, 0.2) is 11.5 Å². The van der Waals surface area contributed by atoms with E-state index in [2.05, 4.69) is 180 Å². The maximum Gasteiger partial charge on any atom is 0.152 e. The normalized spacial score (nSPS) is 12.1. The second-order valence-electron chi connectivity index (χ2n) is 14.2. The van der Waals surface area contributed by atoms with Crippen LogP contribution in [0.4, 0.5) is 0 Å². The van der Waals surface area contributed by atoms with Gasteiger partial charge in [0.1, 0.15) is 0 Å². The summed E-state index contributed by atoms with van der Waals surface area (Å²) >= 11 is 0. The fraction of sp³-hybridized carbons (Fsp3) is 0.0400. The summed E-state index contributed by atoms with van der Waals surface area (Å²) in [5.74, 6) is 1.77. The molecule has 3 heterocycles. The molecule has 53 heavy (non-hydrogen) atoms. The lowest BCUT2D eigenvalue weighted by Gasteiger charge is -2.20. The van der Waals surface area contributed by atoms with E-state index >= 15 is 0 Å². The van der Waals surface area contributed by atoms with Gasteiger partial charge in [0.2, 0.25) is 0 Å². The van der Waals surface area contributed by atoms with Gasteiger partial charge in [-0.15, -0.1) is 0 Å². The lowest BCUT2D eigenvalue weighted by molar-refractivity contribution is 0.476. The Kier molecular flexibility index (Phi) is 6.53. The molecule has 0 aliphatic carbocycles. The molecule has 0 saturated carbocycles. The van der Waals surface area contributed by atoms with Gasteiger partial charge >= 0.3 is 0 Å². The zero-order valence-corrected chi connectivity index (χ0v) is 29.3. The van der Waals surface area contributed by atoms with E-state index in [-0.39, 0.29) is 0 Å². The Morgan fingerprint density at radius 1 is 0.453 bits per heavy atom. The fourth-order valence-electron chi connectivity index (χ4n) is 8.63. The molecule has 0 atom stereocenters. The van der Waals surface area contributed by atoms with Crippen molar-refractivity contribution in [2.75, 3.05) is 0 Å². The number of benzene rings is 8. The number of nitrogens with zero attached hydrogens (tertiary/aromatic N) is 2. The van der Waals surface area contributed by atoms with Crippen LogP contribution in [0.15, 0.2) is 176 Å². The molecule has 1 aliphatic rings. The number of fused-ring (bicyclic) bond motifs is 8. The van der Waals surface area contributed by atoms with Crippen LogP contribution in [0.1, 0.15) is 16.7 Å². The second-order valence-corrected chi connectivity index (χ2v) is 14.2. The lowest BCUT2D eigenvalue weighted by Crippen LogP contribution is -2.03. The maximum absolute atomic E-state index is 6.39.